The maximum absolute atomic E-state index is 13.6. The molecule has 1 atom stereocenters. The number of hydrogen-bond donors (Lipinski definition) is 0. The van der Waals surface area contributed by atoms with Crippen molar-refractivity contribution in [2.75, 3.05) is 0 Å². The molecule has 0 aromatic carbocycles. The zero-order chi connectivity index (χ0) is 10.9. The van der Waals surface area contributed by atoms with Crippen LogP contribution < -0.4 is 0 Å². The second kappa shape index (κ2) is 3.91. The van der Waals surface area contributed by atoms with Crippen LogP contribution in [0.3, 0.4) is 0 Å². The van der Waals surface area contributed by atoms with Gasteiger partial charge in [-0.3, -0.25) is 4.68 Å². The van der Waals surface area contributed by atoms with Crippen LogP contribution in [0.25, 0.3) is 0 Å². The lowest BCUT2D eigenvalue weighted by Gasteiger charge is -2.31. The zero-order valence-electron chi connectivity index (χ0n) is 8.92. The molecule has 0 amide bonds. The smallest absolute Gasteiger partial charge is 0.263 e. The molecule has 1 aliphatic rings. The van der Waals surface area contributed by atoms with Gasteiger partial charge in [-0.05, 0) is 24.8 Å². The Morgan fingerprint density at radius 1 is 1.53 bits per heavy atom. The van der Waals surface area contributed by atoms with Crippen LogP contribution >= 0.6 is 0 Å². The molecule has 2 rings (SSSR count). The first-order valence-corrected chi connectivity index (χ1v) is 5.54. The Balaban J connectivity index is 2.21. The van der Waals surface area contributed by atoms with Crippen LogP contribution in [0.5, 0.6) is 0 Å². The van der Waals surface area contributed by atoms with E-state index < -0.39 is 12.0 Å². The Hall–Kier alpha value is -0.930. The molecule has 2 nitrogen and oxygen atoms in total. The minimum absolute atomic E-state index is 0.00101. The van der Waals surface area contributed by atoms with Gasteiger partial charge in [-0.2, -0.15) is 5.10 Å². The summed E-state index contributed by atoms with van der Waals surface area (Å²) in [5.74, 6) is -2.59. The molecule has 0 spiro atoms. The van der Waals surface area contributed by atoms with E-state index in [0.717, 1.165) is 18.4 Å². The zero-order valence-corrected chi connectivity index (χ0v) is 8.92. The lowest BCUT2D eigenvalue weighted by atomic mass is 9.92. The predicted molar refractivity (Wildman–Crippen MR) is 54.1 cm³/mol. The molecule has 1 aliphatic carbocycles. The van der Waals surface area contributed by atoms with E-state index in [9.17, 15) is 8.78 Å². The van der Waals surface area contributed by atoms with Crippen molar-refractivity contribution in [2.24, 2.45) is 0 Å². The lowest BCUT2D eigenvalue weighted by molar-refractivity contribution is -0.0818. The van der Waals surface area contributed by atoms with Crippen LogP contribution in [0.15, 0.2) is 12.4 Å². The van der Waals surface area contributed by atoms with Crippen molar-refractivity contribution in [2.45, 2.75) is 51.0 Å². The monoisotopic (exact) mass is 214 g/mol. The molecule has 1 fully saturated rings. The van der Waals surface area contributed by atoms with E-state index in [1.807, 2.05) is 6.92 Å². The fraction of sp³-hybridized carbons (Fsp3) is 0.727. The summed E-state index contributed by atoms with van der Waals surface area (Å²) in [4.78, 5) is 0. The van der Waals surface area contributed by atoms with Crippen molar-refractivity contribution in [3.05, 3.63) is 18.0 Å². The number of aromatic nitrogens is 2. The van der Waals surface area contributed by atoms with Crippen LogP contribution in [-0.2, 0) is 6.42 Å². The van der Waals surface area contributed by atoms with Gasteiger partial charge in [0.25, 0.3) is 5.92 Å². The van der Waals surface area contributed by atoms with Crippen molar-refractivity contribution in [1.29, 1.82) is 0 Å². The van der Waals surface area contributed by atoms with Crippen molar-refractivity contribution in [3.63, 3.8) is 0 Å². The minimum Gasteiger partial charge on any atom is -0.263 e. The number of hydrogen-bond acceptors (Lipinski definition) is 1. The van der Waals surface area contributed by atoms with E-state index in [2.05, 4.69) is 5.10 Å². The second-order valence-electron chi connectivity index (χ2n) is 4.20. The van der Waals surface area contributed by atoms with Crippen LogP contribution in [-0.4, -0.2) is 15.7 Å². The first kappa shape index (κ1) is 10.6. The highest BCUT2D eigenvalue weighted by Gasteiger charge is 2.42. The fourth-order valence-electron chi connectivity index (χ4n) is 2.13. The lowest BCUT2D eigenvalue weighted by Crippen LogP contribution is -2.34. The average molecular weight is 214 g/mol. The largest absolute Gasteiger partial charge is 0.270 e. The molecule has 0 aliphatic heterocycles. The molecule has 1 saturated carbocycles. The summed E-state index contributed by atoms with van der Waals surface area (Å²) in [5.41, 5.74) is 1.02. The molecule has 84 valence electrons. The Morgan fingerprint density at radius 2 is 2.33 bits per heavy atom. The SMILES string of the molecule is CCc1cnn(C2CCCCC2(F)F)c1. The second-order valence-corrected chi connectivity index (χ2v) is 4.20. The molecular weight excluding hydrogens is 198 g/mol. The number of alkyl halides is 2. The molecule has 0 N–H and O–H groups in total. The van der Waals surface area contributed by atoms with Crippen LogP contribution in [0.4, 0.5) is 8.78 Å². The van der Waals surface area contributed by atoms with E-state index in [1.165, 1.54) is 4.68 Å². The maximum Gasteiger partial charge on any atom is 0.270 e. The Bertz CT molecular complexity index is 333. The first-order valence-electron chi connectivity index (χ1n) is 5.54. The van der Waals surface area contributed by atoms with Gasteiger partial charge in [0.15, 0.2) is 0 Å². The fourth-order valence-corrected chi connectivity index (χ4v) is 2.13. The van der Waals surface area contributed by atoms with Gasteiger partial charge >= 0.3 is 0 Å². The van der Waals surface area contributed by atoms with Gasteiger partial charge < -0.3 is 0 Å². The van der Waals surface area contributed by atoms with Crippen molar-refractivity contribution in [3.8, 4) is 0 Å². The summed E-state index contributed by atoms with van der Waals surface area (Å²) in [7, 11) is 0. The summed E-state index contributed by atoms with van der Waals surface area (Å²) < 4.78 is 28.7. The minimum atomic E-state index is -2.59. The molecule has 1 aromatic heterocycles. The van der Waals surface area contributed by atoms with Gasteiger partial charge in [0.05, 0.1) is 6.20 Å². The predicted octanol–water partition coefficient (Wildman–Crippen LogP) is 3.20. The summed E-state index contributed by atoms with van der Waals surface area (Å²) in [6.07, 6.45) is 6.33. The van der Waals surface area contributed by atoms with Crippen molar-refractivity contribution in [1.82, 2.24) is 9.78 Å². The Labute approximate surface area is 88.3 Å². The molecule has 4 heteroatoms. The van der Waals surface area contributed by atoms with E-state index in [1.54, 1.807) is 12.4 Å². The quantitative estimate of drug-likeness (QED) is 0.739. The van der Waals surface area contributed by atoms with E-state index >= 15 is 0 Å². The van der Waals surface area contributed by atoms with Gasteiger partial charge in [0, 0.05) is 12.6 Å². The van der Waals surface area contributed by atoms with Crippen LogP contribution in [0.2, 0.25) is 0 Å². The number of nitrogens with zero attached hydrogens (tertiary/aromatic N) is 2. The van der Waals surface area contributed by atoms with Gasteiger partial charge in [-0.1, -0.05) is 13.3 Å². The molecular formula is C11H16F2N2. The molecule has 0 bridgehead atoms. The van der Waals surface area contributed by atoms with Gasteiger partial charge in [-0.15, -0.1) is 0 Å². The number of aryl methyl sites for hydroxylation is 1. The third-order valence-corrected chi connectivity index (χ3v) is 3.11. The molecule has 1 heterocycles. The maximum atomic E-state index is 13.6. The summed E-state index contributed by atoms with van der Waals surface area (Å²) in [6.45, 7) is 2.00. The molecule has 0 saturated heterocycles. The van der Waals surface area contributed by atoms with Crippen molar-refractivity contribution < 1.29 is 8.78 Å². The molecule has 0 radical (unpaired) electrons. The normalized spacial score (nSPS) is 25.4. The number of rotatable bonds is 2. The van der Waals surface area contributed by atoms with E-state index in [0.29, 0.717) is 12.8 Å². The van der Waals surface area contributed by atoms with E-state index in [4.69, 9.17) is 0 Å². The van der Waals surface area contributed by atoms with Crippen LogP contribution in [0.1, 0.15) is 44.2 Å². The highest BCUT2D eigenvalue weighted by atomic mass is 19.3. The first-order chi connectivity index (χ1) is 7.13. The third kappa shape index (κ3) is 2.03. The van der Waals surface area contributed by atoms with Crippen LogP contribution in [0, 0.1) is 0 Å². The third-order valence-electron chi connectivity index (χ3n) is 3.11. The molecule has 1 unspecified atom stereocenters. The highest BCUT2D eigenvalue weighted by Crippen LogP contribution is 2.41. The van der Waals surface area contributed by atoms with Gasteiger partial charge in [0.1, 0.15) is 6.04 Å². The molecule has 1 aromatic rings. The summed E-state index contributed by atoms with van der Waals surface area (Å²) >= 11 is 0. The van der Waals surface area contributed by atoms with Crippen molar-refractivity contribution >= 4 is 0 Å². The average Bonchev–Trinajstić information content (AvgIpc) is 2.65. The topological polar surface area (TPSA) is 17.8 Å². The highest BCUT2D eigenvalue weighted by molar-refractivity contribution is 5.05. The summed E-state index contributed by atoms with van der Waals surface area (Å²) in [6, 6.07) is -0.730. The van der Waals surface area contributed by atoms with E-state index in [-0.39, 0.29) is 6.42 Å². The van der Waals surface area contributed by atoms with Gasteiger partial charge in [0.2, 0.25) is 0 Å². The standard InChI is InChI=1S/C11H16F2N2/c1-2-9-7-14-15(8-9)10-5-3-4-6-11(10,12)13/h7-8,10H,2-6H2,1H3. The Morgan fingerprint density at radius 3 is 2.93 bits per heavy atom. The number of halogens is 2. The summed E-state index contributed by atoms with van der Waals surface area (Å²) in [5, 5.41) is 4.04. The Kier molecular flexibility index (Phi) is 2.76. The molecule has 15 heavy (non-hydrogen) atoms. The van der Waals surface area contributed by atoms with Gasteiger partial charge in [-0.25, -0.2) is 8.78 Å².